The molecule has 0 N–H and O–H groups in total. The summed E-state index contributed by atoms with van der Waals surface area (Å²) < 4.78 is 18.8. The van der Waals surface area contributed by atoms with Gasteiger partial charge >= 0.3 is 5.97 Å². The Morgan fingerprint density at radius 2 is 1.96 bits per heavy atom. The van der Waals surface area contributed by atoms with Crippen LogP contribution in [0.1, 0.15) is 32.6 Å². The third-order valence-electron chi connectivity index (χ3n) is 4.47. The van der Waals surface area contributed by atoms with Crippen molar-refractivity contribution in [2.75, 3.05) is 31.6 Å². The summed E-state index contributed by atoms with van der Waals surface area (Å²) in [6.07, 6.45) is 2.24. The molecule has 6 heteroatoms. The third kappa shape index (κ3) is 4.54. The van der Waals surface area contributed by atoms with Crippen LogP contribution in [-0.4, -0.2) is 49.6 Å². The summed E-state index contributed by atoms with van der Waals surface area (Å²) in [5.74, 6) is -0.646. The van der Waals surface area contributed by atoms with Gasteiger partial charge in [0.2, 0.25) is 5.91 Å². The minimum Gasteiger partial charge on any atom is -0.469 e. The van der Waals surface area contributed by atoms with Gasteiger partial charge in [0, 0.05) is 32.1 Å². The zero-order valence-corrected chi connectivity index (χ0v) is 14.3. The molecule has 132 valence electrons. The SMILES string of the molecule is CCC(=O)N(c1ccccc1F)C1CCN(CCC(=O)OC)CC1. The molecule has 0 aromatic heterocycles. The van der Waals surface area contributed by atoms with Crippen LogP contribution < -0.4 is 4.90 Å². The lowest BCUT2D eigenvalue weighted by Gasteiger charge is -2.38. The summed E-state index contributed by atoms with van der Waals surface area (Å²) in [5.41, 5.74) is 0.359. The van der Waals surface area contributed by atoms with Crippen LogP contribution in [0.25, 0.3) is 0 Å². The average molecular weight is 336 g/mol. The first-order valence-corrected chi connectivity index (χ1v) is 8.42. The Labute approximate surface area is 142 Å². The number of hydrogen-bond acceptors (Lipinski definition) is 4. The number of likely N-dealkylation sites (tertiary alicyclic amines) is 1. The first-order valence-electron chi connectivity index (χ1n) is 8.42. The van der Waals surface area contributed by atoms with Gasteiger partial charge in [0.1, 0.15) is 5.82 Å². The van der Waals surface area contributed by atoms with Crippen LogP contribution in [0.5, 0.6) is 0 Å². The fourth-order valence-corrected chi connectivity index (χ4v) is 3.10. The molecule has 5 nitrogen and oxygen atoms in total. The second kappa shape index (κ2) is 8.78. The highest BCUT2D eigenvalue weighted by Gasteiger charge is 2.29. The van der Waals surface area contributed by atoms with Gasteiger partial charge in [-0.05, 0) is 25.0 Å². The van der Waals surface area contributed by atoms with E-state index < -0.39 is 0 Å². The van der Waals surface area contributed by atoms with Crippen molar-refractivity contribution in [2.45, 2.75) is 38.6 Å². The zero-order chi connectivity index (χ0) is 17.5. The maximum atomic E-state index is 14.2. The first kappa shape index (κ1) is 18.4. The molecule has 1 aliphatic rings. The van der Waals surface area contributed by atoms with E-state index in [1.54, 1.807) is 30.0 Å². The fourth-order valence-electron chi connectivity index (χ4n) is 3.10. The molecule has 0 atom stereocenters. The van der Waals surface area contributed by atoms with Crippen molar-refractivity contribution >= 4 is 17.6 Å². The molecule has 1 heterocycles. The van der Waals surface area contributed by atoms with Crippen LogP contribution in [0.4, 0.5) is 10.1 Å². The topological polar surface area (TPSA) is 49.9 Å². The minimum atomic E-state index is -0.368. The van der Waals surface area contributed by atoms with E-state index in [4.69, 9.17) is 0 Å². The van der Waals surface area contributed by atoms with Gasteiger partial charge < -0.3 is 14.5 Å². The number of benzene rings is 1. The summed E-state index contributed by atoms with van der Waals surface area (Å²) in [6.45, 7) is 4.01. The van der Waals surface area contributed by atoms with Gasteiger partial charge in [0.05, 0.1) is 19.2 Å². The van der Waals surface area contributed by atoms with Gasteiger partial charge in [-0.25, -0.2) is 4.39 Å². The molecule has 1 fully saturated rings. The Balaban J connectivity index is 2.02. The van der Waals surface area contributed by atoms with Crippen LogP contribution in [0.3, 0.4) is 0 Å². The molecule has 1 aliphatic heterocycles. The number of esters is 1. The van der Waals surface area contributed by atoms with Crippen molar-refractivity contribution in [1.82, 2.24) is 4.90 Å². The van der Waals surface area contributed by atoms with Gasteiger partial charge in [-0.2, -0.15) is 0 Å². The number of hydrogen-bond donors (Lipinski definition) is 0. The number of rotatable bonds is 6. The highest BCUT2D eigenvalue weighted by molar-refractivity contribution is 5.93. The molecule has 0 bridgehead atoms. The van der Waals surface area contributed by atoms with E-state index in [1.165, 1.54) is 13.2 Å². The summed E-state index contributed by atoms with van der Waals surface area (Å²) in [5, 5.41) is 0. The van der Waals surface area contributed by atoms with Crippen molar-refractivity contribution in [3.63, 3.8) is 0 Å². The molecule has 0 saturated carbocycles. The molecule has 2 rings (SSSR count). The normalized spacial score (nSPS) is 16.0. The number of ether oxygens (including phenoxy) is 1. The largest absolute Gasteiger partial charge is 0.469 e. The number of carbonyl (C=O) groups excluding carboxylic acids is 2. The summed E-state index contributed by atoms with van der Waals surface area (Å²) >= 11 is 0. The highest BCUT2D eigenvalue weighted by atomic mass is 19.1. The minimum absolute atomic E-state index is 0.0104. The lowest BCUT2D eigenvalue weighted by atomic mass is 10.0. The number of amides is 1. The van der Waals surface area contributed by atoms with Gasteiger partial charge in [-0.3, -0.25) is 9.59 Å². The van der Waals surface area contributed by atoms with E-state index in [9.17, 15) is 14.0 Å². The molecule has 0 radical (unpaired) electrons. The Bertz CT molecular complexity index is 571. The van der Waals surface area contributed by atoms with E-state index in [-0.39, 0.29) is 23.7 Å². The highest BCUT2D eigenvalue weighted by Crippen LogP contribution is 2.27. The van der Waals surface area contributed by atoms with Crippen LogP contribution in [0, 0.1) is 5.82 Å². The van der Waals surface area contributed by atoms with E-state index >= 15 is 0 Å². The van der Waals surface area contributed by atoms with Crippen molar-refractivity contribution in [1.29, 1.82) is 0 Å². The second-order valence-corrected chi connectivity index (χ2v) is 5.97. The van der Waals surface area contributed by atoms with Crippen LogP contribution >= 0.6 is 0 Å². The number of para-hydroxylation sites is 1. The fraction of sp³-hybridized carbons (Fsp3) is 0.556. The molecule has 24 heavy (non-hydrogen) atoms. The van der Waals surface area contributed by atoms with Gasteiger partial charge in [0.25, 0.3) is 0 Å². The standard InChI is InChI=1S/C18H25FN2O3/c1-3-17(22)21(16-7-5-4-6-15(16)19)14-8-11-20(12-9-14)13-10-18(23)24-2/h4-7,14H,3,8-13H2,1-2H3. The predicted octanol–water partition coefficient (Wildman–Crippen LogP) is 2.60. The first-order chi connectivity index (χ1) is 11.6. The Kier molecular flexibility index (Phi) is 6.73. The lowest BCUT2D eigenvalue weighted by molar-refractivity contribution is -0.141. The molecule has 1 aromatic rings. The van der Waals surface area contributed by atoms with Crippen molar-refractivity contribution in [3.8, 4) is 0 Å². The molecule has 0 spiro atoms. The van der Waals surface area contributed by atoms with Gasteiger partial charge in [0.15, 0.2) is 0 Å². The third-order valence-corrected chi connectivity index (χ3v) is 4.47. The monoisotopic (exact) mass is 336 g/mol. The van der Waals surface area contributed by atoms with Gasteiger partial charge in [-0.1, -0.05) is 19.1 Å². The maximum Gasteiger partial charge on any atom is 0.306 e. The van der Waals surface area contributed by atoms with Crippen molar-refractivity contribution in [2.24, 2.45) is 0 Å². The molecule has 0 aliphatic carbocycles. The maximum absolute atomic E-state index is 14.2. The number of halogens is 1. The molecular weight excluding hydrogens is 311 g/mol. The molecular formula is C18H25FN2O3. The number of anilines is 1. The van der Waals surface area contributed by atoms with E-state index in [1.807, 2.05) is 0 Å². The Morgan fingerprint density at radius 3 is 2.54 bits per heavy atom. The van der Waals surface area contributed by atoms with E-state index in [0.29, 0.717) is 25.1 Å². The number of methoxy groups -OCH3 is 1. The predicted molar refractivity (Wildman–Crippen MR) is 90.3 cm³/mol. The van der Waals surface area contributed by atoms with E-state index in [0.717, 1.165) is 25.9 Å². The Morgan fingerprint density at radius 1 is 1.29 bits per heavy atom. The average Bonchev–Trinajstić information content (AvgIpc) is 2.62. The summed E-state index contributed by atoms with van der Waals surface area (Å²) in [7, 11) is 1.39. The van der Waals surface area contributed by atoms with Crippen LogP contribution in [0.2, 0.25) is 0 Å². The zero-order valence-electron chi connectivity index (χ0n) is 14.3. The molecule has 1 amide bonds. The number of carbonyl (C=O) groups is 2. The Hall–Kier alpha value is -1.95. The number of nitrogens with zero attached hydrogens (tertiary/aromatic N) is 2. The van der Waals surface area contributed by atoms with Crippen LogP contribution in [-0.2, 0) is 14.3 Å². The second-order valence-electron chi connectivity index (χ2n) is 5.97. The molecule has 1 saturated heterocycles. The van der Waals surface area contributed by atoms with Crippen LogP contribution in [0.15, 0.2) is 24.3 Å². The summed E-state index contributed by atoms with van der Waals surface area (Å²) in [6, 6.07) is 6.41. The van der Waals surface area contributed by atoms with Crippen molar-refractivity contribution < 1.29 is 18.7 Å². The molecule has 1 aromatic carbocycles. The van der Waals surface area contributed by atoms with Crippen molar-refractivity contribution in [3.05, 3.63) is 30.1 Å². The summed E-state index contributed by atoms with van der Waals surface area (Å²) in [4.78, 5) is 27.4. The smallest absolute Gasteiger partial charge is 0.306 e. The van der Waals surface area contributed by atoms with Gasteiger partial charge in [-0.15, -0.1) is 0 Å². The molecule has 0 unspecified atom stereocenters. The number of piperidine rings is 1. The van der Waals surface area contributed by atoms with E-state index in [2.05, 4.69) is 9.64 Å². The lowest BCUT2D eigenvalue weighted by Crippen LogP contribution is -2.48. The quantitative estimate of drug-likeness (QED) is 0.749.